The van der Waals surface area contributed by atoms with Crippen molar-refractivity contribution in [2.24, 2.45) is 0 Å². The van der Waals surface area contributed by atoms with Crippen LogP contribution in [0.5, 0.6) is 0 Å². The Morgan fingerprint density at radius 3 is 2.43 bits per heavy atom. The summed E-state index contributed by atoms with van der Waals surface area (Å²) in [6, 6.07) is 15.1. The number of benzene rings is 2. The number of carboxylic acid groups (broad SMARTS) is 1. The van der Waals surface area contributed by atoms with E-state index in [4.69, 9.17) is 10.8 Å². The lowest BCUT2D eigenvalue weighted by atomic mass is 10.1. The van der Waals surface area contributed by atoms with E-state index >= 15 is 0 Å². The van der Waals surface area contributed by atoms with Gasteiger partial charge in [0.2, 0.25) is 0 Å². The third-order valence-corrected chi connectivity index (χ3v) is 3.38. The van der Waals surface area contributed by atoms with Gasteiger partial charge in [0.05, 0.1) is 5.56 Å². The van der Waals surface area contributed by atoms with Crippen molar-refractivity contribution in [2.45, 2.75) is 19.8 Å². The largest absolute Gasteiger partial charge is 0.478 e. The molecule has 2 aromatic carbocycles. The number of hydrogen-bond acceptors (Lipinski definition) is 3. The highest BCUT2D eigenvalue weighted by molar-refractivity contribution is 5.94. The van der Waals surface area contributed by atoms with Crippen LogP contribution in [0.25, 0.3) is 0 Å². The maximum Gasteiger partial charge on any atom is 0.337 e. The van der Waals surface area contributed by atoms with Crippen LogP contribution in [-0.4, -0.2) is 17.6 Å². The summed E-state index contributed by atoms with van der Waals surface area (Å²) in [5, 5.41) is 9.06. The Bertz CT molecular complexity index is 611. The van der Waals surface area contributed by atoms with Crippen LogP contribution in [-0.2, 0) is 0 Å². The number of hydrogen-bond donors (Lipinski definition) is 2. The van der Waals surface area contributed by atoms with Crippen LogP contribution < -0.4 is 10.6 Å². The van der Waals surface area contributed by atoms with Gasteiger partial charge >= 0.3 is 5.97 Å². The molecule has 3 N–H and O–H groups in total. The van der Waals surface area contributed by atoms with Crippen LogP contribution in [0.3, 0.4) is 0 Å². The Hall–Kier alpha value is -2.49. The molecule has 0 aromatic heterocycles. The highest BCUT2D eigenvalue weighted by Gasteiger charge is 2.13. The van der Waals surface area contributed by atoms with Gasteiger partial charge in [-0.1, -0.05) is 31.5 Å². The van der Waals surface area contributed by atoms with Crippen molar-refractivity contribution in [3.05, 3.63) is 54.1 Å². The molecule has 0 bridgehead atoms. The van der Waals surface area contributed by atoms with Gasteiger partial charge in [-0.3, -0.25) is 0 Å². The number of anilines is 3. The fraction of sp³-hybridized carbons (Fsp3) is 0.235. The molecular formula is C17H20N2O2. The standard InChI is InChI=1S/C17H20N2O2/c1-2-3-11-19(13-7-5-4-6-8-13)14-9-10-15(17(20)21)16(18)12-14/h4-10,12H,2-3,11,18H2,1H3,(H,20,21). The summed E-state index contributed by atoms with van der Waals surface area (Å²) in [4.78, 5) is 13.2. The van der Waals surface area contributed by atoms with E-state index in [-0.39, 0.29) is 11.3 Å². The number of carboxylic acids is 1. The van der Waals surface area contributed by atoms with Crippen molar-refractivity contribution in [3.8, 4) is 0 Å². The topological polar surface area (TPSA) is 66.6 Å². The fourth-order valence-corrected chi connectivity index (χ4v) is 2.24. The Balaban J connectivity index is 2.37. The van der Waals surface area contributed by atoms with E-state index in [2.05, 4.69) is 11.8 Å². The zero-order valence-electron chi connectivity index (χ0n) is 12.1. The maximum atomic E-state index is 11.1. The third kappa shape index (κ3) is 3.54. The van der Waals surface area contributed by atoms with Crippen LogP contribution in [0, 0.1) is 0 Å². The maximum absolute atomic E-state index is 11.1. The van der Waals surface area contributed by atoms with E-state index in [9.17, 15) is 4.79 Å². The first-order valence-electron chi connectivity index (χ1n) is 7.09. The molecule has 110 valence electrons. The van der Waals surface area contributed by atoms with Gasteiger partial charge in [0, 0.05) is 23.6 Å². The predicted octanol–water partition coefficient (Wildman–Crippen LogP) is 3.91. The predicted molar refractivity (Wildman–Crippen MR) is 86.2 cm³/mol. The summed E-state index contributed by atoms with van der Waals surface area (Å²) < 4.78 is 0. The van der Waals surface area contributed by atoms with Gasteiger partial charge in [0.25, 0.3) is 0 Å². The van der Waals surface area contributed by atoms with E-state index in [0.717, 1.165) is 30.8 Å². The van der Waals surface area contributed by atoms with Crippen molar-refractivity contribution >= 4 is 23.0 Å². The average molecular weight is 284 g/mol. The molecule has 0 radical (unpaired) electrons. The highest BCUT2D eigenvalue weighted by atomic mass is 16.4. The molecule has 0 aliphatic rings. The van der Waals surface area contributed by atoms with Crippen LogP contribution in [0.1, 0.15) is 30.1 Å². The Morgan fingerprint density at radius 2 is 1.86 bits per heavy atom. The summed E-state index contributed by atoms with van der Waals surface area (Å²) in [5.41, 5.74) is 8.28. The minimum Gasteiger partial charge on any atom is -0.478 e. The van der Waals surface area contributed by atoms with Gasteiger partial charge in [0.1, 0.15) is 0 Å². The van der Waals surface area contributed by atoms with Crippen molar-refractivity contribution in [3.63, 3.8) is 0 Å². The number of unbranched alkanes of at least 4 members (excludes halogenated alkanes) is 1. The number of para-hydroxylation sites is 1. The summed E-state index contributed by atoms with van der Waals surface area (Å²) in [6.07, 6.45) is 2.14. The number of nitrogens with zero attached hydrogens (tertiary/aromatic N) is 1. The smallest absolute Gasteiger partial charge is 0.337 e. The summed E-state index contributed by atoms with van der Waals surface area (Å²) in [5.74, 6) is -1.00. The van der Waals surface area contributed by atoms with E-state index in [1.165, 1.54) is 0 Å². The van der Waals surface area contributed by atoms with Crippen molar-refractivity contribution in [1.29, 1.82) is 0 Å². The van der Waals surface area contributed by atoms with Crippen molar-refractivity contribution in [1.82, 2.24) is 0 Å². The minimum atomic E-state index is -1.00. The quantitative estimate of drug-likeness (QED) is 0.789. The highest BCUT2D eigenvalue weighted by Crippen LogP contribution is 2.28. The molecule has 0 spiro atoms. The second-order valence-corrected chi connectivity index (χ2v) is 4.92. The number of carbonyl (C=O) groups is 1. The average Bonchev–Trinajstić information content (AvgIpc) is 2.48. The Labute approximate surface area is 124 Å². The van der Waals surface area contributed by atoms with Crippen LogP contribution in [0.15, 0.2) is 48.5 Å². The molecule has 4 nitrogen and oxygen atoms in total. The molecule has 0 saturated carbocycles. The van der Waals surface area contributed by atoms with Gasteiger partial charge in [-0.05, 0) is 36.8 Å². The molecule has 0 amide bonds. The lowest BCUT2D eigenvalue weighted by molar-refractivity contribution is 0.0698. The number of rotatable bonds is 6. The van der Waals surface area contributed by atoms with Gasteiger partial charge in [-0.15, -0.1) is 0 Å². The van der Waals surface area contributed by atoms with Crippen molar-refractivity contribution in [2.75, 3.05) is 17.2 Å². The first-order valence-corrected chi connectivity index (χ1v) is 7.09. The van der Waals surface area contributed by atoms with Gasteiger partial charge < -0.3 is 15.7 Å². The second-order valence-electron chi connectivity index (χ2n) is 4.92. The van der Waals surface area contributed by atoms with Crippen molar-refractivity contribution < 1.29 is 9.90 Å². The van der Waals surface area contributed by atoms with Crippen LogP contribution in [0.4, 0.5) is 17.1 Å². The van der Waals surface area contributed by atoms with Gasteiger partial charge in [0.15, 0.2) is 0 Å². The van der Waals surface area contributed by atoms with E-state index in [0.29, 0.717) is 0 Å². The molecular weight excluding hydrogens is 264 g/mol. The summed E-state index contributed by atoms with van der Waals surface area (Å²) in [7, 11) is 0. The van der Waals surface area contributed by atoms with Gasteiger partial charge in [-0.2, -0.15) is 0 Å². The molecule has 2 rings (SSSR count). The molecule has 4 heteroatoms. The second kappa shape index (κ2) is 6.79. The molecule has 21 heavy (non-hydrogen) atoms. The molecule has 0 saturated heterocycles. The summed E-state index contributed by atoms with van der Waals surface area (Å²) in [6.45, 7) is 3.01. The van der Waals surface area contributed by atoms with E-state index in [1.807, 2.05) is 36.4 Å². The molecule has 2 aromatic rings. The Morgan fingerprint density at radius 1 is 1.14 bits per heavy atom. The lowest BCUT2D eigenvalue weighted by Crippen LogP contribution is -2.18. The molecule has 0 heterocycles. The van der Waals surface area contributed by atoms with Gasteiger partial charge in [-0.25, -0.2) is 4.79 Å². The number of aromatic carboxylic acids is 1. The molecule has 0 aliphatic carbocycles. The summed E-state index contributed by atoms with van der Waals surface area (Å²) >= 11 is 0. The zero-order chi connectivity index (χ0) is 15.2. The SMILES string of the molecule is CCCCN(c1ccccc1)c1ccc(C(=O)O)c(N)c1. The number of nitrogens with two attached hydrogens (primary N) is 1. The third-order valence-electron chi connectivity index (χ3n) is 3.38. The normalized spacial score (nSPS) is 10.3. The van der Waals surface area contributed by atoms with Crippen LogP contribution in [0.2, 0.25) is 0 Å². The first kappa shape index (κ1) is 14.9. The lowest BCUT2D eigenvalue weighted by Gasteiger charge is -2.25. The zero-order valence-corrected chi connectivity index (χ0v) is 12.1. The fourth-order valence-electron chi connectivity index (χ4n) is 2.24. The molecule has 0 unspecified atom stereocenters. The van der Waals surface area contributed by atoms with E-state index in [1.54, 1.807) is 12.1 Å². The van der Waals surface area contributed by atoms with Crippen LogP contribution >= 0.6 is 0 Å². The first-order chi connectivity index (χ1) is 10.1. The Kier molecular flexibility index (Phi) is 4.82. The number of nitrogen functional groups attached to an aromatic ring is 1. The molecule has 0 aliphatic heterocycles. The molecule has 0 atom stereocenters. The minimum absolute atomic E-state index is 0.141. The molecule has 0 fully saturated rings. The van der Waals surface area contributed by atoms with E-state index < -0.39 is 5.97 Å². The monoisotopic (exact) mass is 284 g/mol.